The zero-order valence-corrected chi connectivity index (χ0v) is 13.4. The summed E-state index contributed by atoms with van der Waals surface area (Å²) in [6.07, 6.45) is -0.190. The molecule has 1 amide bonds. The van der Waals surface area contributed by atoms with Gasteiger partial charge in [-0.25, -0.2) is 9.18 Å². The van der Waals surface area contributed by atoms with Crippen LogP contribution in [0.25, 0.3) is 0 Å². The van der Waals surface area contributed by atoms with E-state index in [9.17, 15) is 14.3 Å². The number of nitrogens with zero attached hydrogens (tertiary/aromatic N) is 1. The van der Waals surface area contributed by atoms with E-state index in [0.717, 1.165) is 0 Å². The van der Waals surface area contributed by atoms with E-state index >= 15 is 0 Å². The minimum Gasteiger partial charge on any atom is -0.496 e. The lowest BCUT2D eigenvalue weighted by Gasteiger charge is -2.27. The molecule has 1 atom stereocenters. The normalized spacial score (nSPS) is 21.8. The van der Waals surface area contributed by atoms with Crippen molar-refractivity contribution in [1.82, 2.24) is 4.90 Å². The molecule has 2 rings (SSSR count). The van der Waals surface area contributed by atoms with Gasteiger partial charge < -0.3 is 19.5 Å². The van der Waals surface area contributed by atoms with Gasteiger partial charge in [0.15, 0.2) is 0 Å². The van der Waals surface area contributed by atoms with Gasteiger partial charge in [-0.15, -0.1) is 0 Å². The van der Waals surface area contributed by atoms with E-state index in [1.165, 1.54) is 30.2 Å². The third-order valence-electron chi connectivity index (χ3n) is 3.56. The lowest BCUT2D eigenvalue weighted by molar-refractivity contribution is 0.0132. The minimum atomic E-state index is -1.34. The first-order valence-corrected chi connectivity index (χ1v) is 7.19. The molecule has 0 aliphatic carbocycles. The van der Waals surface area contributed by atoms with E-state index in [0.29, 0.717) is 24.3 Å². The van der Waals surface area contributed by atoms with Crippen molar-refractivity contribution < 1.29 is 23.8 Å². The molecule has 6 heteroatoms. The maximum Gasteiger partial charge on any atom is 0.410 e. The predicted molar refractivity (Wildman–Crippen MR) is 79.3 cm³/mol. The smallest absolute Gasteiger partial charge is 0.410 e. The number of ether oxygens (including phenoxy) is 2. The molecule has 1 aromatic carbocycles. The van der Waals surface area contributed by atoms with E-state index < -0.39 is 23.1 Å². The summed E-state index contributed by atoms with van der Waals surface area (Å²) in [5, 5.41) is 10.8. The van der Waals surface area contributed by atoms with Crippen LogP contribution in [0.15, 0.2) is 18.2 Å². The van der Waals surface area contributed by atoms with Crippen molar-refractivity contribution in [3.05, 3.63) is 29.6 Å². The van der Waals surface area contributed by atoms with Gasteiger partial charge in [-0.05, 0) is 45.4 Å². The van der Waals surface area contributed by atoms with Gasteiger partial charge in [0.1, 0.15) is 22.8 Å². The summed E-state index contributed by atoms with van der Waals surface area (Å²) in [6, 6.07) is 3.99. The molecule has 1 fully saturated rings. The number of β-amino-alcohol motifs (C(OH)–C–C–N with tert-alkyl or cyclic N) is 1. The van der Waals surface area contributed by atoms with Crippen molar-refractivity contribution in [2.75, 3.05) is 20.2 Å². The van der Waals surface area contributed by atoms with Crippen LogP contribution in [0.4, 0.5) is 9.18 Å². The number of carbonyl (C=O) groups is 1. The first kappa shape index (κ1) is 16.5. The highest BCUT2D eigenvalue weighted by Crippen LogP contribution is 2.38. The highest BCUT2D eigenvalue weighted by Gasteiger charge is 2.42. The van der Waals surface area contributed by atoms with Crippen LogP contribution < -0.4 is 4.74 Å². The second-order valence-corrected chi connectivity index (χ2v) is 6.53. The second-order valence-electron chi connectivity index (χ2n) is 6.53. The number of methoxy groups -OCH3 is 1. The summed E-state index contributed by atoms with van der Waals surface area (Å²) in [5.74, 6) is -0.0603. The minimum absolute atomic E-state index is 0.0434. The van der Waals surface area contributed by atoms with Crippen molar-refractivity contribution in [2.45, 2.75) is 38.4 Å². The Morgan fingerprint density at radius 1 is 1.41 bits per heavy atom. The van der Waals surface area contributed by atoms with Gasteiger partial charge in [-0.1, -0.05) is 0 Å². The molecule has 1 N–H and O–H groups in total. The van der Waals surface area contributed by atoms with Crippen LogP contribution in [-0.4, -0.2) is 41.9 Å². The van der Waals surface area contributed by atoms with Gasteiger partial charge >= 0.3 is 6.09 Å². The Morgan fingerprint density at radius 3 is 2.68 bits per heavy atom. The molecule has 0 saturated carbocycles. The second kappa shape index (κ2) is 5.76. The zero-order chi connectivity index (χ0) is 16.5. The molecule has 1 aromatic rings. The molecule has 1 heterocycles. The van der Waals surface area contributed by atoms with Crippen LogP contribution in [0.3, 0.4) is 0 Å². The van der Waals surface area contributed by atoms with E-state index in [1.807, 2.05) is 0 Å². The summed E-state index contributed by atoms with van der Waals surface area (Å²) in [6.45, 7) is 5.72. The van der Waals surface area contributed by atoms with Gasteiger partial charge in [-0.3, -0.25) is 0 Å². The van der Waals surface area contributed by atoms with Crippen molar-refractivity contribution in [2.24, 2.45) is 0 Å². The summed E-state index contributed by atoms with van der Waals surface area (Å²) < 4.78 is 24.0. The summed E-state index contributed by atoms with van der Waals surface area (Å²) in [7, 11) is 1.46. The average molecular weight is 311 g/mol. The lowest BCUT2D eigenvalue weighted by Crippen LogP contribution is -2.38. The van der Waals surface area contributed by atoms with Crippen LogP contribution in [0, 0.1) is 5.82 Å². The number of carbonyl (C=O) groups excluding carboxylic acids is 1. The molecule has 1 saturated heterocycles. The predicted octanol–water partition coefficient (Wildman–Crippen LogP) is 2.66. The Morgan fingerprint density at radius 2 is 2.09 bits per heavy atom. The number of benzene rings is 1. The van der Waals surface area contributed by atoms with Crippen LogP contribution in [0.5, 0.6) is 5.75 Å². The Kier molecular flexibility index (Phi) is 4.33. The molecule has 1 unspecified atom stereocenters. The summed E-state index contributed by atoms with van der Waals surface area (Å²) >= 11 is 0. The Balaban J connectivity index is 2.20. The molecule has 22 heavy (non-hydrogen) atoms. The SMILES string of the molecule is COc1ccc(F)cc1C1(O)CCN(C(=O)OC(C)(C)C)C1. The van der Waals surface area contributed by atoms with Gasteiger partial charge in [0.2, 0.25) is 0 Å². The monoisotopic (exact) mass is 311 g/mol. The molecule has 5 nitrogen and oxygen atoms in total. The Bertz CT molecular complexity index is 570. The topological polar surface area (TPSA) is 59.0 Å². The number of hydrogen-bond acceptors (Lipinski definition) is 4. The van der Waals surface area contributed by atoms with Gasteiger partial charge in [0, 0.05) is 12.1 Å². The molecule has 0 radical (unpaired) electrons. The number of hydrogen-bond donors (Lipinski definition) is 1. The van der Waals surface area contributed by atoms with Crippen molar-refractivity contribution >= 4 is 6.09 Å². The quantitative estimate of drug-likeness (QED) is 0.912. The Labute approximate surface area is 129 Å². The first-order valence-electron chi connectivity index (χ1n) is 7.19. The molecule has 0 aromatic heterocycles. The van der Waals surface area contributed by atoms with E-state index in [2.05, 4.69) is 0 Å². The van der Waals surface area contributed by atoms with Crippen LogP contribution in [0.1, 0.15) is 32.8 Å². The van der Waals surface area contributed by atoms with Gasteiger partial charge in [-0.2, -0.15) is 0 Å². The number of likely N-dealkylation sites (tertiary alicyclic amines) is 1. The van der Waals surface area contributed by atoms with Crippen molar-refractivity contribution in [3.63, 3.8) is 0 Å². The van der Waals surface area contributed by atoms with E-state index in [1.54, 1.807) is 20.8 Å². The molecular formula is C16H22FNO4. The van der Waals surface area contributed by atoms with Crippen LogP contribution in [-0.2, 0) is 10.3 Å². The third-order valence-corrected chi connectivity index (χ3v) is 3.56. The number of halogens is 1. The van der Waals surface area contributed by atoms with Crippen molar-refractivity contribution in [3.8, 4) is 5.75 Å². The maximum atomic E-state index is 13.5. The number of aliphatic hydroxyl groups is 1. The summed E-state index contributed by atoms with van der Waals surface area (Å²) in [5.41, 5.74) is -1.60. The van der Waals surface area contributed by atoms with Crippen molar-refractivity contribution in [1.29, 1.82) is 0 Å². The lowest BCUT2D eigenvalue weighted by atomic mass is 9.92. The third kappa shape index (κ3) is 3.50. The maximum absolute atomic E-state index is 13.5. The highest BCUT2D eigenvalue weighted by atomic mass is 19.1. The van der Waals surface area contributed by atoms with Crippen LogP contribution >= 0.6 is 0 Å². The molecule has 0 bridgehead atoms. The highest BCUT2D eigenvalue weighted by molar-refractivity contribution is 5.69. The molecule has 122 valence electrons. The first-order chi connectivity index (χ1) is 10.1. The van der Waals surface area contributed by atoms with E-state index in [4.69, 9.17) is 9.47 Å². The van der Waals surface area contributed by atoms with Gasteiger partial charge in [0.25, 0.3) is 0 Å². The average Bonchev–Trinajstić information content (AvgIpc) is 2.81. The summed E-state index contributed by atoms with van der Waals surface area (Å²) in [4.78, 5) is 13.5. The fraction of sp³-hybridized carbons (Fsp3) is 0.562. The fourth-order valence-electron chi connectivity index (χ4n) is 2.54. The zero-order valence-electron chi connectivity index (χ0n) is 13.4. The molecule has 1 aliphatic heterocycles. The fourth-order valence-corrected chi connectivity index (χ4v) is 2.54. The van der Waals surface area contributed by atoms with Crippen LogP contribution in [0.2, 0.25) is 0 Å². The van der Waals surface area contributed by atoms with Gasteiger partial charge in [0.05, 0.1) is 13.7 Å². The molecule has 1 aliphatic rings. The largest absolute Gasteiger partial charge is 0.496 e. The standard InChI is InChI=1S/C16H22FNO4/c1-15(2,3)22-14(19)18-8-7-16(20,10-18)12-9-11(17)5-6-13(12)21-4/h5-6,9,20H,7-8,10H2,1-4H3. The number of amides is 1. The number of rotatable bonds is 2. The Hall–Kier alpha value is -1.82. The molecule has 0 spiro atoms. The van der Waals surface area contributed by atoms with E-state index in [-0.39, 0.29) is 6.54 Å². The molecular weight excluding hydrogens is 289 g/mol.